The molecule has 3 atom stereocenters. The molecule has 6 heteroatoms. The molecule has 0 saturated carbocycles. The Kier molecular flexibility index (Phi) is 5.33. The number of amides is 1. The Bertz CT molecular complexity index is 525. The van der Waals surface area contributed by atoms with Gasteiger partial charge < -0.3 is 14.4 Å². The Hall–Kier alpha value is -1.40. The smallest absolute Gasteiger partial charge is 0.251 e. The van der Waals surface area contributed by atoms with Gasteiger partial charge in [-0.1, -0.05) is 0 Å². The highest BCUT2D eigenvalue weighted by molar-refractivity contribution is 5.81. The highest BCUT2D eigenvalue weighted by atomic mass is 16.5. The number of aromatic nitrogens is 2. The van der Waals surface area contributed by atoms with E-state index in [1.54, 1.807) is 4.68 Å². The molecule has 2 aliphatic heterocycles. The third-order valence-corrected chi connectivity index (χ3v) is 4.80. The molecule has 6 nitrogen and oxygen atoms in total. The average Bonchev–Trinajstić information content (AvgIpc) is 3.21. The Morgan fingerprint density at radius 1 is 1.43 bits per heavy atom. The molecule has 128 valence electrons. The van der Waals surface area contributed by atoms with Crippen molar-refractivity contribution in [2.75, 3.05) is 19.8 Å². The van der Waals surface area contributed by atoms with Gasteiger partial charge in [0.15, 0.2) is 0 Å². The number of likely N-dealkylation sites (tertiary alicyclic amines) is 1. The molecule has 0 bridgehead atoms. The first-order valence-corrected chi connectivity index (χ1v) is 8.67. The number of carbonyl (C=O) groups excluding carboxylic acids is 1. The number of rotatable bonds is 5. The molecule has 3 heterocycles. The van der Waals surface area contributed by atoms with Crippen LogP contribution < -0.4 is 0 Å². The summed E-state index contributed by atoms with van der Waals surface area (Å²) in [5.41, 5.74) is 1.11. The van der Waals surface area contributed by atoms with Crippen LogP contribution in [-0.4, -0.2) is 52.6 Å². The van der Waals surface area contributed by atoms with E-state index in [-0.39, 0.29) is 18.1 Å². The van der Waals surface area contributed by atoms with Gasteiger partial charge in [0.2, 0.25) is 0 Å². The second-order valence-electron chi connectivity index (χ2n) is 6.60. The lowest BCUT2D eigenvalue weighted by atomic mass is 10.1. The van der Waals surface area contributed by atoms with E-state index in [1.807, 2.05) is 31.3 Å². The lowest BCUT2D eigenvalue weighted by Crippen LogP contribution is -2.40. The largest absolute Gasteiger partial charge is 0.376 e. The fourth-order valence-corrected chi connectivity index (χ4v) is 3.48. The SMILES string of the molecule is C[C@H](OC[C@@H]1CCCCO1)C(=O)N1CCC[C@@H]1c1cnn(C)c1. The normalized spacial score (nSPS) is 26.4. The number of hydrogen-bond acceptors (Lipinski definition) is 4. The van der Waals surface area contributed by atoms with Gasteiger partial charge in [-0.05, 0) is 39.0 Å². The molecule has 0 unspecified atom stereocenters. The fourth-order valence-electron chi connectivity index (χ4n) is 3.48. The predicted octanol–water partition coefficient (Wildman–Crippen LogP) is 2.06. The van der Waals surface area contributed by atoms with E-state index < -0.39 is 6.10 Å². The van der Waals surface area contributed by atoms with Gasteiger partial charge in [-0.2, -0.15) is 5.10 Å². The standard InChI is InChI=1S/C17H27N3O3/c1-13(23-12-15-6-3-4-9-22-15)17(21)20-8-5-7-16(20)14-10-18-19(2)11-14/h10-11,13,15-16H,3-9,12H2,1-2H3/t13-,15-,16+/m0/s1. The minimum atomic E-state index is -0.419. The lowest BCUT2D eigenvalue weighted by molar-refractivity contribution is -0.147. The number of hydrogen-bond donors (Lipinski definition) is 0. The van der Waals surface area contributed by atoms with E-state index in [9.17, 15) is 4.79 Å². The van der Waals surface area contributed by atoms with Crippen molar-refractivity contribution in [3.05, 3.63) is 18.0 Å². The van der Waals surface area contributed by atoms with Crippen molar-refractivity contribution >= 4 is 5.91 Å². The summed E-state index contributed by atoms with van der Waals surface area (Å²) < 4.78 is 13.3. The fraction of sp³-hybridized carbons (Fsp3) is 0.765. The van der Waals surface area contributed by atoms with Gasteiger partial charge in [-0.15, -0.1) is 0 Å². The van der Waals surface area contributed by atoms with Gasteiger partial charge in [0, 0.05) is 32.0 Å². The van der Waals surface area contributed by atoms with Gasteiger partial charge in [0.1, 0.15) is 6.10 Å². The molecule has 1 aromatic heterocycles. The Labute approximate surface area is 137 Å². The molecule has 2 saturated heterocycles. The molecule has 0 N–H and O–H groups in total. The Morgan fingerprint density at radius 2 is 2.30 bits per heavy atom. The van der Waals surface area contributed by atoms with Crippen LogP contribution in [0, 0.1) is 0 Å². The third kappa shape index (κ3) is 3.93. The number of carbonyl (C=O) groups is 1. The van der Waals surface area contributed by atoms with Crippen molar-refractivity contribution in [1.29, 1.82) is 0 Å². The van der Waals surface area contributed by atoms with E-state index in [0.29, 0.717) is 6.61 Å². The quantitative estimate of drug-likeness (QED) is 0.833. The molecule has 0 radical (unpaired) electrons. The van der Waals surface area contributed by atoms with Crippen molar-refractivity contribution in [3.8, 4) is 0 Å². The highest BCUT2D eigenvalue weighted by Gasteiger charge is 2.33. The molecule has 0 spiro atoms. The zero-order chi connectivity index (χ0) is 16.2. The first kappa shape index (κ1) is 16.5. The molecular weight excluding hydrogens is 294 g/mol. The van der Waals surface area contributed by atoms with Crippen molar-refractivity contribution in [3.63, 3.8) is 0 Å². The zero-order valence-corrected chi connectivity index (χ0v) is 14.1. The van der Waals surface area contributed by atoms with Crippen molar-refractivity contribution in [2.24, 2.45) is 7.05 Å². The average molecular weight is 321 g/mol. The molecule has 0 aromatic carbocycles. The zero-order valence-electron chi connectivity index (χ0n) is 14.1. The number of aryl methyl sites for hydroxylation is 1. The minimum absolute atomic E-state index is 0.0761. The lowest BCUT2D eigenvalue weighted by Gasteiger charge is -2.28. The summed E-state index contributed by atoms with van der Waals surface area (Å²) in [6, 6.07) is 0.133. The van der Waals surface area contributed by atoms with E-state index in [0.717, 1.165) is 44.4 Å². The summed E-state index contributed by atoms with van der Waals surface area (Å²) in [5, 5.41) is 4.23. The van der Waals surface area contributed by atoms with Crippen LogP contribution in [-0.2, 0) is 21.3 Å². The summed E-state index contributed by atoms with van der Waals surface area (Å²) >= 11 is 0. The maximum atomic E-state index is 12.7. The van der Waals surface area contributed by atoms with Gasteiger partial charge >= 0.3 is 0 Å². The van der Waals surface area contributed by atoms with Gasteiger partial charge in [0.25, 0.3) is 5.91 Å². The summed E-state index contributed by atoms with van der Waals surface area (Å²) in [6.45, 7) is 3.97. The van der Waals surface area contributed by atoms with Crippen LogP contribution in [0.5, 0.6) is 0 Å². The van der Waals surface area contributed by atoms with E-state index >= 15 is 0 Å². The van der Waals surface area contributed by atoms with Crippen LogP contribution >= 0.6 is 0 Å². The van der Waals surface area contributed by atoms with Crippen LogP contribution in [0.4, 0.5) is 0 Å². The van der Waals surface area contributed by atoms with Gasteiger partial charge in [-0.3, -0.25) is 9.48 Å². The Morgan fingerprint density at radius 3 is 3.00 bits per heavy atom. The van der Waals surface area contributed by atoms with E-state index in [2.05, 4.69) is 5.10 Å². The highest BCUT2D eigenvalue weighted by Crippen LogP contribution is 2.32. The molecule has 1 aromatic rings. The maximum absolute atomic E-state index is 12.7. The maximum Gasteiger partial charge on any atom is 0.251 e. The summed E-state index contributed by atoms with van der Waals surface area (Å²) in [6.07, 6.45) is 8.96. The van der Waals surface area contributed by atoms with Crippen LogP contribution in [0.1, 0.15) is 50.6 Å². The minimum Gasteiger partial charge on any atom is -0.376 e. The first-order chi connectivity index (χ1) is 11.1. The summed E-state index contributed by atoms with van der Waals surface area (Å²) in [4.78, 5) is 14.7. The van der Waals surface area contributed by atoms with Crippen LogP contribution in [0.15, 0.2) is 12.4 Å². The molecule has 2 fully saturated rings. The topological polar surface area (TPSA) is 56.6 Å². The van der Waals surface area contributed by atoms with E-state index in [1.165, 1.54) is 6.42 Å². The third-order valence-electron chi connectivity index (χ3n) is 4.80. The van der Waals surface area contributed by atoms with Gasteiger partial charge in [-0.25, -0.2) is 0 Å². The van der Waals surface area contributed by atoms with Crippen molar-refractivity contribution in [2.45, 2.75) is 57.3 Å². The van der Waals surface area contributed by atoms with Gasteiger partial charge in [0.05, 0.1) is 24.9 Å². The number of ether oxygens (including phenoxy) is 2. The molecular formula is C17H27N3O3. The molecule has 0 aliphatic carbocycles. The Balaban J connectivity index is 1.55. The molecule has 3 rings (SSSR count). The molecule has 1 amide bonds. The monoisotopic (exact) mass is 321 g/mol. The van der Waals surface area contributed by atoms with E-state index in [4.69, 9.17) is 9.47 Å². The molecule has 2 aliphatic rings. The second kappa shape index (κ2) is 7.45. The first-order valence-electron chi connectivity index (χ1n) is 8.67. The van der Waals surface area contributed by atoms with Crippen molar-refractivity contribution in [1.82, 2.24) is 14.7 Å². The molecule has 23 heavy (non-hydrogen) atoms. The summed E-state index contributed by atoms with van der Waals surface area (Å²) in [5.74, 6) is 0.0761. The van der Waals surface area contributed by atoms with Crippen LogP contribution in [0.2, 0.25) is 0 Å². The number of nitrogens with zero attached hydrogens (tertiary/aromatic N) is 3. The van der Waals surface area contributed by atoms with Crippen LogP contribution in [0.3, 0.4) is 0 Å². The predicted molar refractivity (Wildman–Crippen MR) is 85.9 cm³/mol. The second-order valence-corrected chi connectivity index (χ2v) is 6.60. The van der Waals surface area contributed by atoms with Crippen molar-refractivity contribution < 1.29 is 14.3 Å². The van der Waals surface area contributed by atoms with Crippen LogP contribution in [0.25, 0.3) is 0 Å². The summed E-state index contributed by atoms with van der Waals surface area (Å²) in [7, 11) is 1.90.